The second kappa shape index (κ2) is 17.4. The van der Waals surface area contributed by atoms with Crippen LogP contribution in [0.3, 0.4) is 0 Å². The van der Waals surface area contributed by atoms with E-state index in [4.69, 9.17) is 15.2 Å². The molecule has 1 saturated carbocycles. The summed E-state index contributed by atoms with van der Waals surface area (Å²) in [6.45, 7) is 9.03. The largest absolute Gasteiger partial charge is 0.480 e. The molecule has 4 amide bonds. The SMILES string of the molecule is COC(CC(=O)N1CCCC1C(OC)C(C)C(=O)NC(Cc1ccccc1)C(=O)O)C(C1CC1)N(C)C(=O)C(NC(=O)C(C)(C)N)C(C)C. The maximum atomic E-state index is 14.0. The molecule has 0 bridgehead atoms. The summed E-state index contributed by atoms with van der Waals surface area (Å²) in [5.74, 6) is -3.30. The monoisotopic (exact) mass is 687 g/mol. The van der Waals surface area contributed by atoms with Gasteiger partial charge in [-0.25, -0.2) is 4.79 Å². The summed E-state index contributed by atoms with van der Waals surface area (Å²) in [7, 11) is 4.72. The average molecular weight is 688 g/mol. The zero-order chi connectivity index (χ0) is 36.6. The van der Waals surface area contributed by atoms with Gasteiger partial charge in [-0.05, 0) is 56.9 Å². The average Bonchev–Trinajstić information content (AvgIpc) is 3.77. The summed E-state index contributed by atoms with van der Waals surface area (Å²) in [4.78, 5) is 69.3. The fourth-order valence-corrected chi connectivity index (χ4v) is 6.79. The number of rotatable bonds is 18. The number of nitrogens with zero attached hydrogens (tertiary/aromatic N) is 2. The van der Waals surface area contributed by atoms with Gasteiger partial charge in [-0.1, -0.05) is 51.1 Å². The third kappa shape index (κ3) is 10.5. The Kier molecular flexibility index (Phi) is 14.2. The van der Waals surface area contributed by atoms with Gasteiger partial charge in [-0.3, -0.25) is 19.2 Å². The molecule has 0 spiro atoms. The summed E-state index contributed by atoms with van der Waals surface area (Å²) >= 11 is 0. The number of benzene rings is 1. The first kappa shape index (κ1) is 39.9. The molecule has 7 unspecified atom stereocenters. The summed E-state index contributed by atoms with van der Waals surface area (Å²) in [5.41, 5.74) is 5.62. The molecule has 2 aliphatic rings. The third-order valence-corrected chi connectivity index (χ3v) is 9.84. The number of nitrogens with two attached hydrogens (primary N) is 1. The van der Waals surface area contributed by atoms with E-state index in [9.17, 15) is 29.1 Å². The highest BCUT2D eigenvalue weighted by Crippen LogP contribution is 2.39. The van der Waals surface area contributed by atoms with Crippen LogP contribution in [-0.4, -0.2) is 114 Å². The zero-order valence-corrected chi connectivity index (χ0v) is 30.3. The van der Waals surface area contributed by atoms with E-state index in [1.807, 2.05) is 44.2 Å². The maximum absolute atomic E-state index is 14.0. The van der Waals surface area contributed by atoms with E-state index in [2.05, 4.69) is 10.6 Å². The number of carbonyl (C=O) groups is 5. The van der Waals surface area contributed by atoms with Gasteiger partial charge < -0.3 is 40.7 Å². The standard InChI is InChI=1S/C36H57N5O8/c1-21(2)29(39-35(47)36(4,5)37)33(44)40(6)30(24-16-17-24)27(48-7)20-28(42)41-18-12-15-26(41)31(49-8)22(3)32(43)38-25(34(45)46)19-23-13-10-9-11-14-23/h9-11,13-14,21-22,24-27,29-31H,12,15-20,37H2,1-8H3,(H,38,43)(H,39,47)(H,45,46). The molecule has 1 aromatic rings. The van der Waals surface area contributed by atoms with Gasteiger partial charge in [0.05, 0.1) is 42.2 Å². The van der Waals surface area contributed by atoms with Crippen molar-refractivity contribution in [2.24, 2.45) is 23.5 Å². The first-order valence-corrected chi connectivity index (χ1v) is 17.3. The molecule has 1 heterocycles. The topological polar surface area (TPSA) is 181 Å². The van der Waals surface area contributed by atoms with E-state index < -0.39 is 65.6 Å². The minimum absolute atomic E-state index is 0.00942. The lowest BCUT2D eigenvalue weighted by Gasteiger charge is -2.39. The predicted octanol–water partition coefficient (Wildman–Crippen LogP) is 1.96. The number of methoxy groups -OCH3 is 2. The number of hydrogen-bond donors (Lipinski definition) is 4. The van der Waals surface area contributed by atoms with Crippen LogP contribution < -0.4 is 16.4 Å². The Morgan fingerprint density at radius 2 is 1.65 bits per heavy atom. The molecule has 3 rings (SSSR count). The molecular weight excluding hydrogens is 630 g/mol. The molecule has 2 fully saturated rings. The minimum Gasteiger partial charge on any atom is -0.480 e. The number of carboxylic acids is 1. The Morgan fingerprint density at radius 3 is 2.16 bits per heavy atom. The first-order valence-electron chi connectivity index (χ1n) is 17.3. The van der Waals surface area contributed by atoms with Gasteiger partial charge in [0, 0.05) is 34.2 Å². The Balaban J connectivity index is 1.73. The number of ether oxygens (including phenoxy) is 2. The van der Waals surface area contributed by atoms with Crippen molar-refractivity contribution in [2.75, 3.05) is 27.8 Å². The number of nitrogens with one attached hydrogen (secondary N) is 2. The normalized spacial score (nSPS) is 20.1. The minimum atomic E-state index is -1.16. The number of likely N-dealkylation sites (tertiary alicyclic amines) is 1. The Morgan fingerprint density at radius 1 is 1.02 bits per heavy atom. The first-order chi connectivity index (χ1) is 23.0. The van der Waals surface area contributed by atoms with Gasteiger partial charge in [0.15, 0.2) is 0 Å². The summed E-state index contributed by atoms with van der Waals surface area (Å²) in [5, 5.41) is 15.3. The van der Waals surface area contributed by atoms with Crippen LogP contribution in [0.2, 0.25) is 0 Å². The van der Waals surface area contributed by atoms with Crippen LogP contribution in [-0.2, 0) is 39.9 Å². The molecule has 13 heteroatoms. The van der Waals surface area contributed by atoms with Gasteiger partial charge in [-0.2, -0.15) is 0 Å². The van der Waals surface area contributed by atoms with E-state index in [0.717, 1.165) is 18.4 Å². The number of aliphatic carboxylic acids is 1. The molecule has 13 nitrogen and oxygen atoms in total. The Hall–Kier alpha value is -3.55. The third-order valence-electron chi connectivity index (χ3n) is 9.84. The van der Waals surface area contributed by atoms with Crippen molar-refractivity contribution < 1.29 is 38.6 Å². The van der Waals surface area contributed by atoms with Crippen molar-refractivity contribution in [2.45, 2.75) is 115 Å². The van der Waals surface area contributed by atoms with Gasteiger partial charge >= 0.3 is 5.97 Å². The molecule has 5 N–H and O–H groups in total. The molecule has 1 saturated heterocycles. The smallest absolute Gasteiger partial charge is 0.326 e. The summed E-state index contributed by atoms with van der Waals surface area (Å²) < 4.78 is 11.7. The van der Waals surface area contributed by atoms with E-state index in [-0.39, 0.29) is 36.5 Å². The molecule has 1 aromatic carbocycles. The van der Waals surface area contributed by atoms with Gasteiger partial charge in [0.25, 0.3) is 0 Å². The lowest BCUT2D eigenvalue weighted by atomic mass is 9.93. The summed E-state index contributed by atoms with van der Waals surface area (Å²) in [6, 6.07) is 6.35. The van der Waals surface area contributed by atoms with Crippen LogP contribution in [0.4, 0.5) is 0 Å². The van der Waals surface area contributed by atoms with Crippen molar-refractivity contribution in [1.82, 2.24) is 20.4 Å². The molecule has 1 aliphatic carbocycles. The number of amides is 4. The van der Waals surface area contributed by atoms with Gasteiger partial charge in [-0.15, -0.1) is 0 Å². The molecule has 1 aliphatic heterocycles. The molecule has 274 valence electrons. The molecular formula is C36H57N5O8. The van der Waals surface area contributed by atoms with Crippen molar-refractivity contribution >= 4 is 29.6 Å². The second-order valence-electron chi connectivity index (χ2n) is 14.5. The molecule has 7 atom stereocenters. The van der Waals surface area contributed by atoms with Crippen LogP contribution >= 0.6 is 0 Å². The number of hydrogen-bond acceptors (Lipinski definition) is 8. The predicted molar refractivity (Wildman–Crippen MR) is 184 cm³/mol. The van der Waals surface area contributed by atoms with Crippen molar-refractivity contribution in [3.05, 3.63) is 35.9 Å². The van der Waals surface area contributed by atoms with Gasteiger partial charge in [0.2, 0.25) is 23.6 Å². The van der Waals surface area contributed by atoms with E-state index >= 15 is 0 Å². The molecule has 0 radical (unpaired) electrons. The Bertz CT molecular complexity index is 1300. The molecule has 49 heavy (non-hydrogen) atoms. The van der Waals surface area contributed by atoms with Crippen molar-refractivity contribution in [3.8, 4) is 0 Å². The van der Waals surface area contributed by atoms with Crippen molar-refractivity contribution in [1.29, 1.82) is 0 Å². The van der Waals surface area contributed by atoms with Crippen molar-refractivity contribution in [3.63, 3.8) is 0 Å². The number of likely N-dealkylation sites (N-methyl/N-ethyl adjacent to an activating group) is 1. The maximum Gasteiger partial charge on any atom is 0.326 e. The summed E-state index contributed by atoms with van der Waals surface area (Å²) in [6.07, 6.45) is 1.96. The second-order valence-corrected chi connectivity index (χ2v) is 14.5. The fourth-order valence-electron chi connectivity index (χ4n) is 6.79. The number of carbonyl (C=O) groups excluding carboxylic acids is 4. The van der Waals surface area contributed by atoms with E-state index in [0.29, 0.717) is 19.4 Å². The van der Waals surface area contributed by atoms with Crippen LogP contribution in [0.15, 0.2) is 30.3 Å². The van der Waals surface area contributed by atoms with Crippen LogP contribution in [0.5, 0.6) is 0 Å². The Labute approximate surface area is 290 Å². The fraction of sp³-hybridized carbons (Fsp3) is 0.694. The van der Waals surface area contributed by atoms with Crippen LogP contribution in [0, 0.1) is 17.8 Å². The van der Waals surface area contributed by atoms with Crippen LogP contribution in [0.25, 0.3) is 0 Å². The quantitative estimate of drug-likeness (QED) is 0.179. The molecule has 0 aromatic heterocycles. The highest BCUT2D eigenvalue weighted by Gasteiger charge is 2.46. The van der Waals surface area contributed by atoms with E-state index in [1.165, 1.54) is 14.2 Å². The lowest BCUT2D eigenvalue weighted by molar-refractivity contribution is -0.147. The highest BCUT2D eigenvalue weighted by atomic mass is 16.5. The number of carboxylic acid groups (broad SMARTS) is 1. The van der Waals surface area contributed by atoms with E-state index in [1.54, 1.807) is 37.6 Å². The highest BCUT2D eigenvalue weighted by molar-refractivity contribution is 5.92. The van der Waals surface area contributed by atoms with Crippen LogP contribution in [0.1, 0.15) is 72.3 Å². The lowest BCUT2D eigenvalue weighted by Crippen LogP contribution is -2.60. The zero-order valence-electron chi connectivity index (χ0n) is 30.3. The van der Waals surface area contributed by atoms with Gasteiger partial charge in [0.1, 0.15) is 12.1 Å².